The zero-order valence-corrected chi connectivity index (χ0v) is 22.7. The van der Waals surface area contributed by atoms with Crippen LogP contribution in [0.3, 0.4) is 0 Å². The molecular formula is C28H30N4O4S. The third kappa shape index (κ3) is 4.74. The molecule has 0 aliphatic rings. The Labute approximate surface area is 218 Å². The summed E-state index contributed by atoms with van der Waals surface area (Å²) in [6.07, 6.45) is 0.816. The van der Waals surface area contributed by atoms with Crippen molar-refractivity contribution in [2.45, 2.75) is 40.7 Å². The lowest BCUT2D eigenvalue weighted by Gasteiger charge is -2.14. The summed E-state index contributed by atoms with van der Waals surface area (Å²) in [7, 11) is 3.26. The van der Waals surface area contributed by atoms with Gasteiger partial charge in [-0.25, -0.2) is 9.36 Å². The third-order valence-electron chi connectivity index (χ3n) is 6.46. The van der Waals surface area contributed by atoms with Crippen LogP contribution in [0.5, 0.6) is 0 Å². The predicted molar refractivity (Wildman–Crippen MR) is 148 cm³/mol. The minimum absolute atomic E-state index is 0.259. The maximum atomic E-state index is 13.8. The highest BCUT2D eigenvalue weighted by molar-refractivity contribution is 7.20. The lowest BCUT2D eigenvalue weighted by atomic mass is 10.1. The first kappa shape index (κ1) is 26.1. The Bertz CT molecular complexity index is 1620. The number of hydrogen-bond acceptors (Lipinski definition) is 5. The van der Waals surface area contributed by atoms with Gasteiger partial charge in [-0.15, -0.1) is 11.3 Å². The number of thiophene rings is 1. The van der Waals surface area contributed by atoms with Crippen LogP contribution in [-0.4, -0.2) is 39.9 Å². The van der Waals surface area contributed by atoms with Gasteiger partial charge in [-0.05, 0) is 61.6 Å². The minimum Gasteiger partial charge on any atom is -0.344 e. The molecule has 2 amide bonds. The number of para-hydroxylation sites is 1. The summed E-state index contributed by atoms with van der Waals surface area (Å²) in [5, 5.41) is 3.17. The van der Waals surface area contributed by atoms with E-state index in [9.17, 15) is 19.2 Å². The second-order valence-electron chi connectivity index (χ2n) is 9.28. The Kier molecular flexibility index (Phi) is 7.18. The fourth-order valence-corrected chi connectivity index (χ4v) is 5.65. The first-order valence-electron chi connectivity index (χ1n) is 12.0. The Hall–Kier alpha value is -3.98. The number of carbonyl (C=O) groups excluding carboxylic acids is 2. The number of anilines is 1. The SMILES string of the molecule is CCc1ccc(-n2c(=O)c3c(C)c(C(=O)N(C)C)sc3n(CC(=O)Nc3c(C)cccc3C)c2=O)cc1. The number of amides is 2. The minimum atomic E-state index is -0.636. The van der Waals surface area contributed by atoms with E-state index in [4.69, 9.17) is 0 Å². The topological polar surface area (TPSA) is 93.4 Å². The van der Waals surface area contributed by atoms with Gasteiger partial charge in [-0.3, -0.25) is 19.0 Å². The molecule has 0 unspecified atom stereocenters. The van der Waals surface area contributed by atoms with Gasteiger partial charge >= 0.3 is 5.69 Å². The molecule has 0 aliphatic carbocycles. The molecule has 0 aliphatic heterocycles. The van der Waals surface area contributed by atoms with Crippen LogP contribution in [0.4, 0.5) is 5.69 Å². The predicted octanol–water partition coefficient (Wildman–Crippen LogP) is 4.04. The molecule has 0 atom stereocenters. The molecule has 4 aromatic rings. The van der Waals surface area contributed by atoms with E-state index in [0.29, 0.717) is 26.6 Å². The van der Waals surface area contributed by atoms with Crippen molar-refractivity contribution in [1.82, 2.24) is 14.0 Å². The van der Waals surface area contributed by atoms with Gasteiger partial charge < -0.3 is 10.2 Å². The van der Waals surface area contributed by atoms with E-state index in [1.54, 1.807) is 33.2 Å². The average molecular weight is 519 g/mol. The average Bonchev–Trinajstić information content (AvgIpc) is 3.21. The zero-order chi connectivity index (χ0) is 27.0. The molecule has 9 heteroatoms. The molecule has 0 bridgehead atoms. The summed E-state index contributed by atoms with van der Waals surface area (Å²) in [6, 6.07) is 12.9. The second-order valence-corrected chi connectivity index (χ2v) is 10.3. The fraction of sp³-hybridized carbons (Fsp3) is 0.286. The fourth-order valence-electron chi connectivity index (χ4n) is 4.34. The number of rotatable bonds is 6. The quantitative estimate of drug-likeness (QED) is 0.417. The van der Waals surface area contributed by atoms with Crippen LogP contribution in [0.2, 0.25) is 0 Å². The van der Waals surface area contributed by atoms with Crippen LogP contribution in [0.1, 0.15) is 38.8 Å². The zero-order valence-electron chi connectivity index (χ0n) is 21.8. The summed E-state index contributed by atoms with van der Waals surface area (Å²) in [6.45, 7) is 7.20. The second kappa shape index (κ2) is 10.2. The van der Waals surface area contributed by atoms with E-state index in [0.717, 1.165) is 39.0 Å². The number of carbonyl (C=O) groups is 2. The van der Waals surface area contributed by atoms with Gasteiger partial charge in [0.15, 0.2) is 0 Å². The summed E-state index contributed by atoms with van der Waals surface area (Å²) >= 11 is 1.06. The van der Waals surface area contributed by atoms with E-state index in [2.05, 4.69) is 5.32 Å². The molecule has 37 heavy (non-hydrogen) atoms. The molecular weight excluding hydrogens is 488 g/mol. The van der Waals surface area contributed by atoms with Crippen LogP contribution >= 0.6 is 11.3 Å². The van der Waals surface area contributed by atoms with Crippen LogP contribution in [0.15, 0.2) is 52.1 Å². The third-order valence-corrected chi connectivity index (χ3v) is 7.77. The number of benzene rings is 2. The molecule has 0 radical (unpaired) electrons. The lowest BCUT2D eigenvalue weighted by Crippen LogP contribution is -2.40. The van der Waals surface area contributed by atoms with Gasteiger partial charge in [-0.1, -0.05) is 37.3 Å². The Morgan fingerprint density at radius 2 is 1.59 bits per heavy atom. The maximum absolute atomic E-state index is 13.8. The summed E-state index contributed by atoms with van der Waals surface area (Å²) in [5.74, 6) is -0.671. The van der Waals surface area contributed by atoms with Crippen molar-refractivity contribution in [1.29, 1.82) is 0 Å². The number of aryl methyl sites for hydroxylation is 4. The first-order valence-corrected chi connectivity index (χ1v) is 12.8. The first-order chi connectivity index (χ1) is 17.5. The Morgan fingerprint density at radius 3 is 2.16 bits per heavy atom. The largest absolute Gasteiger partial charge is 0.344 e. The van der Waals surface area contributed by atoms with Crippen molar-refractivity contribution in [2.24, 2.45) is 0 Å². The highest BCUT2D eigenvalue weighted by atomic mass is 32.1. The lowest BCUT2D eigenvalue weighted by molar-refractivity contribution is -0.116. The van der Waals surface area contributed by atoms with Crippen LogP contribution in [0.25, 0.3) is 15.9 Å². The van der Waals surface area contributed by atoms with E-state index >= 15 is 0 Å². The number of aromatic nitrogens is 2. The van der Waals surface area contributed by atoms with E-state index < -0.39 is 17.2 Å². The Balaban J connectivity index is 1.93. The van der Waals surface area contributed by atoms with Crippen LogP contribution in [0, 0.1) is 20.8 Å². The normalized spacial score (nSPS) is 11.1. The van der Waals surface area contributed by atoms with Crippen molar-refractivity contribution in [3.05, 3.63) is 90.4 Å². The van der Waals surface area contributed by atoms with E-state index in [1.165, 1.54) is 9.47 Å². The number of nitrogens with zero attached hydrogens (tertiary/aromatic N) is 3. The molecule has 8 nitrogen and oxygen atoms in total. The van der Waals surface area contributed by atoms with Gasteiger partial charge in [0.05, 0.1) is 16.0 Å². The van der Waals surface area contributed by atoms with Crippen molar-refractivity contribution in [2.75, 3.05) is 19.4 Å². The van der Waals surface area contributed by atoms with Crippen LogP contribution < -0.4 is 16.6 Å². The van der Waals surface area contributed by atoms with Gasteiger partial charge in [0.25, 0.3) is 11.5 Å². The maximum Gasteiger partial charge on any atom is 0.337 e. The monoisotopic (exact) mass is 518 g/mol. The molecule has 192 valence electrons. The molecule has 0 saturated carbocycles. The number of hydrogen-bond donors (Lipinski definition) is 1. The molecule has 0 fully saturated rings. The molecule has 2 aromatic heterocycles. The van der Waals surface area contributed by atoms with E-state index in [-0.39, 0.29) is 17.8 Å². The van der Waals surface area contributed by atoms with Crippen LogP contribution in [-0.2, 0) is 17.8 Å². The molecule has 1 N–H and O–H groups in total. The van der Waals surface area contributed by atoms with E-state index in [1.807, 2.05) is 51.1 Å². The standard InChI is InChI=1S/C28H30N4O4S/c1-7-19-11-13-20(14-12-19)32-25(34)22-18(4)24(26(35)30(5)6)37-27(22)31(28(32)36)15-21(33)29-23-16(2)9-8-10-17(23)3/h8-14H,7,15H2,1-6H3,(H,29,33). The number of fused-ring (bicyclic) bond motifs is 1. The molecule has 2 heterocycles. The van der Waals surface area contributed by atoms with Gasteiger partial charge in [0, 0.05) is 19.8 Å². The number of nitrogens with one attached hydrogen (secondary N) is 1. The van der Waals surface area contributed by atoms with Gasteiger partial charge in [-0.2, -0.15) is 0 Å². The molecule has 0 saturated heterocycles. The van der Waals surface area contributed by atoms with Gasteiger partial charge in [0.1, 0.15) is 11.4 Å². The highest BCUT2D eigenvalue weighted by Crippen LogP contribution is 2.29. The van der Waals surface area contributed by atoms with Crippen molar-refractivity contribution in [3.8, 4) is 5.69 Å². The molecule has 0 spiro atoms. The Morgan fingerprint density at radius 1 is 0.973 bits per heavy atom. The van der Waals surface area contributed by atoms with Gasteiger partial charge in [0.2, 0.25) is 5.91 Å². The summed E-state index contributed by atoms with van der Waals surface area (Å²) in [5.41, 5.74) is 3.31. The smallest absolute Gasteiger partial charge is 0.337 e. The van der Waals surface area contributed by atoms with Crippen molar-refractivity contribution >= 4 is 39.1 Å². The highest BCUT2D eigenvalue weighted by Gasteiger charge is 2.25. The van der Waals surface area contributed by atoms with Crippen molar-refractivity contribution < 1.29 is 9.59 Å². The summed E-state index contributed by atoms with van der Waals surface area (Å²) in [4.78, 5) is 55.6. The molecule has 4 rings (SSSR count). The molecule has 2 aromatic carbocycles. The van der Waals surface area contributed by atoms with Crippen molar-refractivity contribution in [3.63, 3.8) is 0 Å². The summed E-state index contributed by atoms with van der Waals surface area (Å²) < 4.78 is 2.37.